The highest BCUT2D eigenvalue weighted by atomic mass is 35.5. The fourth-order valence-corrected chi connectivity index (χ4v) is 3.69. The first-order chi connectivity index (χ1) is 13.4. The minimum absolute atomic E-state index is 0.0219. The fourth-order valence-electron chi connectivity index (χ4n) is 3.20. The molecule has 0 aliphatic heterocycles. The van der Waals surface area contributed by atoms with Crippen LogP contribution in [0, 0.1) is 11.6 Å². The Morgan fingerprint density at radius 2 is 1.57 bits per heavy atom. The minimum atomic E-state index is -0.606. The van der Waals surface area contributed by atoms with Crippen LogP contribution in [-0.4, -0.2) is 18.2 Å². The summed E-state index contributed by atoms with van der Waals surface area (Å²) in [6.45, 7) is -0.104. The van der Waals surface area contributed by atoms with E-state index in [0.717, 1.165) is 0 Å². The zero-order valence-electron chi connectivity index (χ0n) is 15.0. The molecule has 1 aliphatic carbocycles. The zero-order valence-corrected chi connectivity index (χ0v) is 16.5. The predicted octanol–water partition coefficient (Wildman–Crippen LogP) is 5.92. The fraction of sp³-hybridized carbons (Fsp3) is 0.350. The van der Waals surface area contributed by atoms with Gasteiger partial charge in [0.15, 0.2) is 0 Å². The van der Waals surface area contributed by atoms with Crippen molar-refractivity contribution >= 4 is 34.9 Å². The molecule has 3 rings (SSSR count). The maximum absolute atomic E-state index is 13.7. The minimum Gasteiger partial charge on any atom is -0.373 e. The molecule has 0 aromatic heterocycles. The van der Waals surface area contributed by atoms with Crippen molar-refractivity contribution < 1.29 is 18.3 Å². The molecule has 0 atom stereocenters. The van der Waals surface area contributed by atoms with Crippen LogP contribution >= 0.6 is 23.2 Å². The van der Waals surface area contributed by atoms with Gasteiger partial charge in [0.1, 0.15) is 11.6 Å². The van der Waals surface area contributed by atoms with Crippen LogP contribution in [0.2, 0.25) is 10.0 Å². The van der Waals surface area contributed by atoms with Crippen molar-refractivity contribution in [2.45, 2.75) is 44.4 Å². The highest BCUT2D eigenvalue weighted by Gasteiger charge is 2.24. The molecule has 4 nitrogen and oxygen atoms in total. The van der Waals surface area contributed by atoms with Crippen LogP contribution in [0.3, 0.4) is 0 Å². The van der Waals surface area contributed by atoms with E-state index in [-0.39, 0.29) is 30.3 Å². The first kappa shape index (κ1) is 20.8. The molecule has 28 heavy (non-hydrogen) atoms. The van der Waals surface area contributed by atoms with Gasteiger partial charge in [0.2, 0.25) is 0 Å². The first-order valence-corrected chi connectivity index (χ1v) is 9.75. The van der Waals surface area contributed by atoms with Gasteiger partial charge in [-0.25, -0.2) is 13.6 Å². The summed E-state index contributed by atoms with van der Waals surface area (Å²) in [4.78, 5) is 12.2. The number of hydrogen-bond acceptors (Lipinski definition) is 2. The summed E-state index contributed by atoms with van der Waals surface area (Å²) in [5.74, 6) is -1.21. The summed E-state index contributed by atoms with van der Waals surface area (Å²) < 4.78 is 33.0. The molecule has 0 spiro atoms. The Labute approximate surface area is 172 Å². The maximum atomic E-state index is 13.7. The van der Waals surface area contributed by atoms with Crippen LogP contribution in [-0.2, 0) is 11.3 Å². The average molecular weight is 429 g/mol. The molecule has 8 heteroatoms. The third-order valence-corrected chi connectivity index (χ3v) is 5.37. The average Bonchev–Trinajstić information content (AvgIpc) is 2.66. The molecule has 0 heterocycles. The number of urea groups is 1. The molecule has 1 aliphatic rings. The van der Waals surface area contributed by atoms with E-state index < -0.39 is 11.6 Å². The number of carbonyl (C=O) groups excluding carboxylic acids is 1. The van der Waals surface area contributed by atoms with Gasteiger partial charge in [-0.15, -0.1) is 0 Å². The third kappa shape index (κ3) is 5.34. The number of rotatable bonds is 5. The maximum Gasteiger partial charge on any atom is 0.319 e. The summed E-state index contributed by atoms with van der Waals surface area (Å²) >= 11 is 12.1. The third-order valence-electron chi connectivity index (χ3n) is 4.74. The molecule has 1 saturated carbocycles. The van der Waals surface area contributed by atoms with Crippen molar-refractivity contribution in [2.75, 3.05) is 5.32 Å². The molecule has 150 valence electrons. The molecule has 2 N–H and O–H groups in total. The Hall–Kier alpha value is -1.89. The topological polar surface area (TPSA) is 50.4 Å². The molecule has 1 fully saturated rings. The summed E-state index contributed by atoms with van der Waals surface area (Å²) in [5.41, 5.74) is 0.311. The van der Waals surface area contributed by atoms with Crippen molar-refractivity contribution in [1.29, 1.82) is 0 Å². The van der Waals surface area contributed by atoms with E-state index in [9.17, 15) is 13.6 Å². The number of benzene rings is 2. The van der Waals surface area contributed by atoms with Gasteiger partial charge in [-0.05, 0) is 49.9 Å². The van der Waals surface area contributed by atoms with E-state index in [2.05, 4.69) is 10.6 Å². The second-order valence-corrected chi connectivity index (χ2v) is 7.49. The van der Waals surface area contributed by atoms with Crippen molar-refractivity contribution in [3.8, 4) is 0 Å². The molecular formula is C20H20Cl2F2N2O2. The summed E-state index contributed by atoms with van der Waals surface area (Å²) in [5, 5.41) is 6.28. The lowest BCUT2D eigenvalue weighted by Crippen LogP contribution is -2.41. The first-order valence-electron chi connectivity index (χ1n) is 9.00. The standard InChI is InChI=1S/C20H20Cl2F2N2O2/c21-15-3-1-4-16(22)19(15)26-20(27)25-12-7-9-13(10-8-12)28-11-14-17(23)5-2-6-18(14)24/h1-6,12-13H,7-11H2,(H2,25,26,27)/t12-,13-. The van der Waals surface area contributed by atoms with Crippen molar-refractivity contribution in [3.63, 3.8) is 0 Å². The van der Waals surface area contributed by atoms with Gasteiger partial charge in [-0.1, -0.05) is 35.3 Å². The number of halogens is 4. The van der Waals surface area contributed by atoms with Crippen LogP contribution in [0.25, 0.3) is 0 Å². The number of anilines is 1. The molecule has 2 amide bonds. The molecule has 0 saturated heterocycles. The number of nitrogens with one attached hydrogen (secondary N) is 2. The second-order valence-electron chi connectivity index (χ2n) is 6.68. The van der Waals surface area contributed by atoms with Gasteiger partial charge < -0.3 is 15.4 Å². The predicted molar refractivity (Wildman–Crippen MR) is 106 cm³/mol. The van der Waals surface area contributed by atoms with E-state index >= 15 is 0 Å². The number of para-hydroxylation sites is 1. The van der Waals surface area contributed by atoms with Crippen LogP contribution in [0.5, 0.6) is 0 Å². The van der Waals surface area contributed by atoms with Crippen LogP contribution in [0.15, 0.2) is 36.4 Å². The number of carbonyl (C=O) groups is 1. The quantitative estimate of drug-likeness (QED) is 0.620. The van der Waals surface area contributed by atoms with Crippen LogP contribution in [0.4, 0.5) is 19.3 Å². The van der Waals surface area contributed by atoms with Gasteiger partial charge in [-0.2, -0.15) is 0 Å². The highest BCUT2D eigenvalue weighted by Crippen LogP contribution is 2.30. The van der Waals surface area contributed by atoms with Crippen molar-refractivity contribution in [1.82, 2.24) is 5.32 Å². The lowest BCUT2D eigenvalue weighted by atomic mass is 9.93. The Bertz CT molecular complexity index is 802. The van der Waals surface area contributed by atoms with E-state index in [0.29, 0.717) is 41.4 Å². The largest absolute Gasteiger partial charge is 0.373 e. The van der Waals surface area contributed by atoms with Crippen LogP contribution < -0.4 is 10.6 Å². The van der Waals surface area contributed by atoms with Gasteiger partial charge in [0, 0.05) is 11.6 Å². The van der Waals surface area contributed by atoms with E-state index in [1.54, 1.807) is 18.2 Å². The van der Waals surface area contributed by atoms with E-state index in [1.807, 2.05) is 0 Å². The SMILES string of the molecule is O=C(Nc1c(Cl)cccc1Cl)N[C@H]1CC[C@H](OCc2c(F)cccc2F)CC1. The van der Waals surface area contributed by atoms with Gasteiger partial charge in [0.05, 0.1) is 28.4 Å². The lowest BCUT2D eigenvalue weighted by Gasteiger charge is -2.29. The lowest BCUT2D eigenvalue weighted by molar-refractivity contribution is 0.00964. The Balaban J connectivity index is 1.44. The van der Waals surface area contributed by atoms with Gasteiger partial charge in [0.25, 0.3) is 0 Å². The molecule has 2 aromatic rings. The molecule has 0 unspecified atom stereocenters. The molecule has 2 aromatic carbocycles. The smallest absolute Gasteiger partial charge is 0.319 e. The summed E-state index contributed by atoms with van der Waals surface area (Å²) in [7, 11) is 0. The number of amides is 2. The molecule has 0 bridgehead atoms. The molecule has 0 radical (unpaired) electrons. The number of ether oxygens (including phenoxy) is 1. The Morgan fingerprint density at radius 3 is 2.18 bits per heavy atom. The van der Waals surface area contributed by atoms with Gasteiger partial charge >= 0.3 is 6.03 Å². The second kappa shape index (κ2) is 9.54. The van der Waals surface area contributed by atoms with Crippen molar-refractivity contribution in [3.05, 3.63) is 63.6 Å². The Kier molecular flexibility index (Phi) is 7.10. The highest BCUT2D eigenvalue weighted by molar-refractivity contribution is 6.39. The Morgan fingerprint density at radius 1 is 1.00 bits per heavy atom. The molecular weight excluding hydrogens is 409 g/mol. The van der Waals surface area contributed by atoms with Crippen LogP contribution in [0.1, 0.15) is 31.2 Å². The van der Waals surface area contributed by atoms with E-state index in [4.69, 9.17) is 27.9 Å². The zero-order chi connectivity index (χ0) is 20.1. The number of hydrogen-bond donors (Lipinski definition) is 2. The van der Waals surface area contributed by atoms with Gasteiger partial charge in [-0.3, -0.25) is 0 Å². The summed E-state index contributed by atoms with van der Waals surface area (Å²) in [6.07, 6.45) is 2.68. The van der Waals surface area contributed by atoms with Crippen molar-refractivity contribution in [2.24, 2.45) is 0 Å². The summed E-state index contributed by atoms with van der Waals surface area (Å²) in [6, 6.07) is 8.33. The monoisotopic (exact) mass is 428 g/mol. The normalized spacial score (nSPS) is 19.3. The van der Waals surface area contributed by atoms with E-state index in [1.165, 1.54) is 18.2 Å².